The minimum atomic E-state index is -2.41. The fourth-order valence-electron chi connectivity index (χ4n) is 0.652. The van der Waals surface area contributed by atoms with E-state index in [1.165, 1.54) is 7.11 Å². The normalized spacial score (nSPS) is 32.6. The number of hydrogen-bond acceptors (Lipinski definition) is 1. The molecule has 3 heteroatoms. The summed E-state index contributed by atoms with van der Waals surface area (Å²) < 4.78 is 28.3. The molecule has 1 saturated carbocycles. The Morgan fingerprint density at radius 3 is 2.38 bits per heavy atom. The lowest BCUT2D eigenvalue weighted by molar-refractivity contribution is 0.0706. The van der Waals surface area contributed by atoms with Crippen molar-refractivity contribution in [1.29, 1.82) is 0 Å². The molecule has 0 aromatic rings. The number of rotatable bonds is 2. The Kier molecular flexibility index (Phi) is 1.23. The second-order valence-corrected chi connectivity index (χ2v) is 2.12. The third-order valence-corrected chi connectivity index (χ3v) is 1.32. The van der Waals surface area contributed by atoms with Gasteiger partial charge in [0.15, 0.2) is 0 Å². The molecule has 0 N–H and O–H groups in total. The Hall–Kier alpha value is -0.180. The van der Waals surface area contributed by atoms with Crippen molar-refractivity contribution in [3.8, 4) is 0 Å². The predicted molar refractivity (Wildman–Crippen MR) is 24.9 cm³/mol. The average Bonchev–Trinajstić information content (AvgIpc) is 2.15. The smallest absolute Gasteiger partial charge is 0.253 e. The van der Waals surface area contributed by atoms with Crippen LogP contribution in [0.5, 0.6) is 0 Å². The van der Waals surface area contributed by atoms with Crippen LogP contribution in [0.15, 0.2) is 0 Å². The Labute approximate surface area is 46.6 Å². The van der Waals surface area contributed by atoms with E-state index in [-0.39, 0.29) is 13.0 Å². The summed E-state index contributed by atoms with van der Waals surface area (Å²) in [6.45, 7) is 0.201. The minimum Gasteiger partial charge on any atom is -0.384 e. The van der Waals surface area contributed by atoms with Gasteiger partial charge in [-0.25, -0.2) is 8.78 Å². The maximum absolute atomic E-state index is 11.9. The van der Waals surface area contributed by atoms with Crippen molar-refractivity contribution in [2.24, 2.45) is 5.92 Å². The van der Waals surface area contributed by atoms with Gasteiger partial charge in [-0.2, -0.15) is 0 Å². The summed E-state index contributed by atoms with van der Waals surface area (Å²) in [7, 11) is 1.44. The van der Waals surface area contributed by atoms with Gasteiger partial charge in [-0.15, -0.1) is 0 Å². The quantitative estimate of drug-likeness (QED) is 0.536. The highest BCUT2D eigenvalue weighted by molar-refractivity contribution is 4.94. The zero-order valence-electron chi connectivity index (χ0n) is 4.66. The van der Waals surface area contributed by atoms with Gasteiger partial charge in [-0.1, -0.05) is 0 Å². The molecule has 0 radical (unpaired) electrons. The molecule has 0 bridgehead atoms. The van der Waals surface area contributed by atoms with E-state index < -0.39 is 11.8 Å². The molecule has 0 unspecified atom stereocenters. The summed E-state index contributed by atoms with van der Waals surface area (Å²) >= 11 is 0. The maximum Gasteiger partial charge on any atom is 0.253 e. The van der Waals surface area contributed by atoms with Crippen molar-refractivity contribution < 1.29 is 13.5 Å². The monoisotopic (exact) mass is 122 g/mol. The highest BCUT2D eigenvalue weighted by Crippen LogP contribution is 2.48. The molecule has 0 amide bonds. The van der Waals surface area contributed by atoms with E-state index >= 15 is 0 Å². The standard InChI is InChI=1S/C5H8F2O/c1-8-3-4-2-5(4,6)7/h4H,2-3H2,1H3/t4-/m1/s1. The lowest BCUT2D eigenvalue weighted by atomic mass is 10.4. The van der Waals surface area contributed by atoms with Crippen LogP contribution in [0.2, 0.25) is 0 Å². The summed E-state index contributed by atoms with van der Waals surface area (Å²) in [4.78, 5) is 0. The van der Waals surface area contributed by atoms with Crippen molar-refractivity contribution in [3.05, 3.63) is 0 Å². The van der Waals surface area contributed by atoms with Crippen molar-refractivity contribution >= 4 is 0 Å². The third kappa shape index (κ3) is 0.968. The third-order valence-electron chi connectivity index (χ3n) is 1.32. The fourth-order valence-corrected chi connectivity index (χ4v) is 0.652. The van der Waals surface area contributed by atoms with Crippen LogP contribution in [0.1, 0.15) is 6.42 Å². The molecular weight excluding hydrogens is 114 g/mol. The van der Waals surface area contributed by atoms with E-state index in [2.05, 4.69) is 4.74 Å². The van der Waals surface area contributed by atoms with E-state index in [1.54, 1.807) is 0 Å². The van der Waals surface area contributed by atoms with Gasteiger partial charge in [0, 0.05) is 13.5 Å². The van der Waals surface area contributed by atoms with E-state index in [0.717, 1.165) is 0 Å². The highest BCUT2D eigenvalue weighted by atomic mass is 19.3. The molecule has 0 heterocycles. The van der Waals surface area contributed by atoms with E-state index in [1.807, 2.05) is 0 Å². The van der Waals surface area contributed by atoms with Crippen LogP contribution in [0.25, 0.3) is 0 Å². The number of hydrogen-bond donors (Lipinski definition) is 0. The minimum absolute atomic E-state index is 0.0147. The molecule has 1 rings (SSSR count). The first-order chi connectivity index (χ1) is 3.67. The van der Waals surface area contributed by atoms with Crippen LogP contribution < -0.4 is 0 Å². The zero-order chi connectivity index (χ0) is 6.20. The van der Waals surface area contributed by atoms with Crippen LogP contribution >= 0.6 is 0 Å². The molecule has 1 atom stereocenters. The topological polar surface area (TPSA) is 9.23 Å². The first-order valence-corrected chi connectivity index (χ1v) is 2.53. The second kappa shape index (κ2) is 1.65. The zero-order valence-corrected chi connectivity index (χ0v) is 4.66. The van der Waals surface area contributed by atoms with Gasteiger partial charge < -0.3 is 4.74 Å². The summed E-state index contributed by atoms with van der Waals surface area (Å²) in [5.74, 6) is -2.90. The van der Waals surface area contributed by atoms with Crippen LogP contribution in [0.4, 0.5) is 8.78 Å². The molecule has 8 heavy (non-hydrogen) atoms. The molecule has 1 fully saturated rings. The first-order valence-electron chi connectivity index (χ1n) is 2.53. The summed E-state index contributed by atoms with van der Waals surface area (Å²) in [6.07, 6.45) is 0.0147. The van der Waals surface area contributed by atoms with E-state index in [0.29, 0.717) is 0 Å². The van der Waals surface area contributed by atoms with Crippen LogP contribution in [0.3, 0.4) is 0 Å². The largest absolute Gasteiger partial charge is 0.384 e. The van der Waals surface area contributed by atoms with Gasteiger partial charge in [0.25, 0.3) is 5.92 Å². The number of halogens is 2. The van der Waals surface area contributed by atoms with Gasteiger partial charge >= 0.3 is 0 Å². The van der Waals surface area contributed by atoms with Crippen molar-refractivity contribution in [1.82, 2.24) is 0 Å². The summed E-state index contributed by atoms with van der Waals surface area (Å²) in [5.41, 5.74) is 0. The Morgan fingerprint density at radius 2 is 2.25 bits per heavy atom. The number of alkyl halides is 2. The highest BCUT2D eigenvalue weighted by Gasteiger charge is 2.56. The lowest BCUT2D eigenvalue weighted by Crippen LogP contribution is -1.99. The molecule has 1 aliphatic carbocycles. The fraction of sp³-hybridized carbons (Fsp3) is 1.00. The van der Waals surface area contributed by atoms with Gasteiger partial charge in [0.2, 0.25) is 0 Å². The van der Waals surface area contributed by atoms with Gasteiger partial charge in [-0.3, -0.25) is 0 Å². The van der Waals surface area contributed by atoms with Gasteiger partial charge in [-0.05, 0) is 0 Å². The SMILES string of the molecule is COC[C@H]1CC1(F)F. The van der Waals surface area contributed by atoms with E-state index in [4.69, 9.17) is 0 Å². The molecule has 0 aromatic carbocycles. The predicted octanol–water partition coefficient (Wildman–Crippen LogP) is 1.29. The van der Waals surface area contributed by atoms with E-state index in [9.17, 15) is 8.78 Å². The number of methoxy groups -OCH3 is 1. The Bertz CT molecular complexity index is 92.4. The van der Waals surface area contributed by atoms with Gasteiger partial charge in [0.1, 0.15) is 0 Å². The van der Waals surface area contributed by atoms with Gasteiger partial charge in [0.05, 0.1) is 12.5 Å². The Balaban J connectivity index is 2.17. The molecule has 0 aliphatic heterocycles. The molecule has 0 spiro atoms. The van der Waals surface area contributed by atoms with Crippen LogP contribution in [0, 0.1) is 5.92 Å². The maximum atomic E-state index is 11.9. The second-order valence-electron chi connectivity index (χ2n) is 2.12. The van der Waals surface area contributed by atoms with Crippen molar-refractivity contribution in [3.63, 3.8) is 0 Å². The molecule has 0 aromatic heterocycles. The lowest BCUT2D eigenvalue weighted by Gasteiger charge is -1.92. The average molecular weight is 122 g/mol. The molecule has 1 nitrogen and oxygen atoms in total. The summed E-state index contributed by atoms with van der Waals surface area (Å²) in [5, 5.41) is 0. The summed E-state index contributed by atoms with van der Waals surface area (Å²) in [6, 6.07) is 0. The number of ether oxygens (including phenoxy) is 1. The van der Waals surface area contributed by atoms with Crippen LogP contribution in [-0.4, -0.2) is 19.6 Å². The Morgan fingerprint density at radius 1 is 1.75 bits per heavy atom. The van der Waals surface area contributed by atoms with Crippen LogP contribution in [-0.2, 0) is 4.74 Å². The van der Waals surface area contributed by atoms with Crippen molar-refractivity contribution in [2.45, 2.75) is 12.3 Å². The molecular formula is C5H8F2O. The molecule has 1 aliphatic rings. The first kappa shape index (κ1) is 5.95. The molecule has 48 valence electrons. The van der Waals surface area contributed by atoms with Crippen molar-refractivity contribution in [2.75, 3.05) is 13.7 Å². The molecule has 0 saturated heterocycles.